The van der Waals surface area contributed by atoms with Crippen molar-refractivity contribution >= 4 is 5.91 Å². The predicted molar refractivity (Wildman–Crippen MR) is 67.5 cm³/mol. The van der Waals surface area contributed by atoms with Gasteiger partial charge in [0.1, 0.15) is 5.75 Å². The van der Waals surface area contributed by atoms with Crippen molar-refractivity contribution in [1.29, 1.82) is 0 Å². The molecule has 5 heteroatoms. The topological polar surface area (TPSA) is 78.8 Å². The van der Waals surface area contributed by atoms with Crippen molar-refractivity contribution in [2.24, 2.45) is 0 Å². The van der Waals surface area contributed by atoms with Gasteiger partial charge >= 0.3 is 0 Å². The number of carbonyl (C=O) groups excluding carboxylic acids is 1. The van der Waals surface area contributed by atoms with Crippen LogP contribution in [0.4, 0.5) is 0 Å². The van der Waals surface area contributed by atoms with Crippen LogP contribution in [0.25, 0.3) is 0 Å². The molecule has 0 bridgehead atoms. The molecule has 0 aliphatic heterocycles. The van der Waals surface area contributed by atoms with Crippen molar-refractivity contribution in [3.05, 3.63) is 29.3 Å². The summed E-state index contributed by atoms with van der Waals surface area (Å²) in [6, 6.07) is 5.75. The highest BCUT2D eigenvalue weighted by molar-refractivity contribution is 5.77. The van der Waals surface area contributed by atoms with Crippen molar-refractivity contribution in [2.45, 2.75) is 20.0 Å². The Bertz CT molecular complexity index is 386. The van der Waals surface area contributed by atoms with Crippen molar-refractivity contribution in [3.63, 3.8) is 0 Å². The molecule has 1 rings (SSSR count). The Morgan fingerprint density at radius 2 is 2.00 bits per heavy atom. The average molecular weight is 253 g/mol. The summed E-state index contributed by atoms with van der Waals surface area (Å²) >= 11 is 0. The first-order chi connectivity index (χ1) is 8.54. The number of rotatable bonds is 6. The van der Waals surface area contributed by atoms with Crippen LogP contribution in [0, 0.1) is 13.8 Å². The molecule has 100 valence electrons. The van der Waals surface area contributed by atoms with Gasteiger partial charge in [-0.2, -0.15) is 0 Å². The molecule has 0 spiro atoms. The van der Waals surface area contributed by atoms with Gasteiger partial charge in [-0.1, -0.05) is 18.2 Å². The molecule has 0 aliphatic carbocycles. The van der Waals surface area contributed by atoms with E-state index in [0.717, 1.165) is 11.1 Å². The molecule has 5 nitrogen and oxygen atoms in total. The van der Waals surface area contributed by atoms with E-state index in [0.29, 0.717) is 5.75 Å². The molecule has 0 saturated carbocycles. The maximum absolute atomic E-state index is 11.4. The Hall–Kier alpha value is -1.59. The predicted octanol–water partition coefficient (Wildman–Crippen LogP) is 0.152. The van der Waals surface area contributed by atoms with E-state index in [1.54, 1.807) is 0 Å². The van der Waals surface area contributed by atoms with Crippen LogP contribution in [0.15, 0.2) is 18.2 Å². The summed E-state index contributed by atoms with van der Waals surface area (Å²) in [4.78, 5) is 11.4. The maximum Gasteiger partial charge on any atom is 0.258 e. The summed E-state index contributed by atoms with van der Waals surface area (Å²) < 4.78 is 5.44. The molecular formula is C13H19NO4. The molecular weight excluding hydrogens is 234 g/mol. The minimum absolute atomic E-state index is 0.0193. The first kappa shape index (κ1) is 14.5. The smallest absolute Gasteiger partial charge is 0.258 e. The number of benzene rings is 1. The van der Waals surface area contributed by atoms with E-state index in [1.165, 1.54) is 0 Å². The molecule has 0 radical (unpaired) electrons. The highest BCUT2D eigenvalue weighted by Crippen LogP contribution is 2.21. The largest absolute Gasteiger partial charge is 0.483 e. The van der Waals surface area contributed by atoms with E-state index in [9.17, 15) is 4.79 Å². The van der Waals surface area contributed by atoms with Crippen LogP contribution in [0.1, 0.15) is 11.1 Å². The lowest BCUT2D eigenvalue weighted by Gasteiger charge is -2.13. The number of para-hydroxylation sites is 1. The third-order valence-electron chi connectivity index (χ3n) is 2.50. The first-order valence-corrected chi connectivity index (χ1v) is 5.79. The van der Waals surface area contributed by atoms with Crippen molar-refractivity contribution in [1.82, 2.24) is 5.32 Å². The summed E-state index contributed by atoms with van der Waals surface area (Å²) in [7, 11) is 0. The summed E-state index contributed by atoms with van der Waals surface area (Å²) in [5.41, 5.74) is 1.94. The molecule has 0 aromatic heterocycles. The van der Waals surface area contributed by atoms with E-state index in [1.807, 2.05) is 32.0 Å². The van der Waals surface area contributed by atoms with E-state index >= 15 is 0 Å². The van der Waals surface area contributed by atoms with Gasteiger partial charge in [0.15, 0.2) is 6.61 Å². The van der Waals surface area contributed by atoms with E-state index in [2.05, 4.69) is 5.32 Å². The van der Waals surface area contributed by atoms with Crippen molar-refractivity contribution < 1.29 is 19.7 Å². The van der Waals surface area contributed by atoms with Crippen LogP contribution >= 0.6 is 0 Å². The fourth-order valence-corrected chi connectivity index (χ4v) is 1.51. The van der Waals surface area contributed by atoms with Crippen molar-refractivity contribution in [2.75, 3.05) is 19.8 Å². The van der Waals surface area contributed by atoms with Crippen molar-refractivity contribution in [3.8, 4) is 5.75 Å². The molecule has 0 saturated heterocycles. The molecule has 0 aliphatic rings. The Balaban J connectivity index is 2.43. The van der Waals surface area contributed by atoms with Gasteiger partial charge in [0.05, 0.1) is 12.7 Å². The lowest BCUT2D eigenvalue weighted by atomic mass is 10.1. The molecule has 1 atom stereocenters. The standard InChI is InChI=1S/C13H19NO4/c1-9-4-3-5-10(2)13(9)18-8-12(17)14-6-11(16)7-15/h3-5,11,15-16H,6-8H2,1-2H3,(H,14,17). The number of nitrogens with one attached hydrogen (secondary N) is 1. The molecule has 1 amide bonds. The Morgan fingerprint density at radius 1 is 1.39 bits per heavy atom. The lowest BCUT2D eigenvalue weighted by molar-refractivity contribution is -0.123. The van der Waals surface area contributed by atoms with Gasteiger partial charge in [0.2, 0.25) is 0 Å². The van der Waals surface area contributed by atoms with E-state index < -0.39 is 6.10 Å². The van der Waals surface area contributed by atoms with E-state index in [4.69, 9.17) is 14.9 Å². The van der Waals surface area contributed by atoms with Crippen LogP contribution in [0.5, 0.6) is 5.75 Å². The quantitative estimate of drug-likeness (QED) is 0.674. The second-order valence-electron chi connectivity index (χ2n) is 4.15. The number of amides is 1. The summed E-state index contributed by atoms with van der Waals surface area (Å²) in [6.07, 6.45) is -0.936. The van der Waals surface area contributed by atoms with Crippen LogP contribution in [-0.2, 0) is 4.79 Å². The number of hydrogen-bond acceptors (Lipinski definition) is 4. The molecule has 1 aromatic carbocycles. The van der Waals surface area contributed by atoms with E-state index in [-0.39, 0.29) is 25.7 Å². The van der Waals surface area contributed by atoms with Gasteiger partial charge in [-0.05, 0) is 25.0 Å². The number of hydrogen-bond donors (Lipinski definition) is 3. The van der Waals surface area contributed by atoms with Crippen LogP contribution in [-0.4, -0.2) is 42.0 Å². The molecule has 1 unspecified atom stereocenters. The molecule has 1 aromatic rings. The molecule has 18 heavy (non-hydrogen) atoms. The molecule has 0 heterocycles. The fraction of sp³-hybridized carbons (Fsp3) is 0.462. The SMILES string of the molecule is Cc1cccc(C)c1OCC(=O)NCC(O)CO. The number of aryl methyl sites for hydroxylation is 2. The van der Waals surface area contributed by atoms with Crippen LogP contribution < -0.4 is 10.1 Å². The third-order valence-corrected chi connectivity index (χ3v) is 2.50. The van der Waals surface area contributed by atoms with Gasteiger partial charge < -0.3 is 20.3 Å². The highest BCUT2D eigenvalue weighted by atomic mass is 16.5. The number of carbonyl (C=O) groups is 1. The maximum atomic E-state index is 11.4. The lowest BCUT2D eigenvalue weighted by Crippen LogP contribution is -2.36. The first-order valence-electron chi connectivity index (χ1n) is 5.79. The summed E-state index contributed by atoms with van der Waals surface area (Å²) in [5.74, 6) is 0.375. The summed E-state index contributed by atoms with van der Waals surface area (Å²) in [5, 5.41) is 20.1. The van der Waals surface area contributed by atoms with Gasteiger partial charge in [-0.3, -0.25) is 4.79 Å². The number of aliphatic hydroxyl groups excluding tert-OH is 2. The molecule has 3 N–H and O–H groups in total. The zero-order valence-electron chi connectivity index (χ0n) is 10.6. The molecule has 0 fully saturated rings. The minimum atomic E-state index is -0.936. The monoisotopic (exact) mass is 253 g/mol. The fourth-order valence-electron chi connectivity index (χ4n) is 1.51. The zero-order valence-corrected chi connectivity index (χ0v) is 10.6. The average Bonchev–Trinajstić information content (AvgIpc) is 2.35. The van der Waals surface area contributed by atoms with Gasteiger partial charge in [0.25, 0.3) is 5.91 Å². The van der Waals surface area contributed by atoms with Crippen LogP contribution in [0.3, 0.4) is 0 Å². The Morgan fingerprint density at radius 3 is 2.56 bits per heavy atom. The van der Waals surface area contributed by atoms with Gasteiger partial charge in [-0.15, -0.1) is 0 Å². The van der Waals surface area contributed by atoms with Crippen LogP contribution in [0.2, 0.25) is 0 Å². The number of ether oxygens (including phenoxy) is 1. The normalized spacial score (nSPS) is 12.0. The second-order valence-corrected chi connectivity index (χ2v) is 4.15. The minimum Gasteiger partial charge on any atom is -0.483 e. The number of aliphatic hydroxyl groups is 2. The zero-order chi connectivity index (χ0) is 13.5. The summed E-state index contributed by atoms with van der Waals surface area (Å²) in [6.45, 7) is 3.36. The second kappa shape index (κ2) is 6.98. The van der Waals surface area contributed by atoms with Gasteiger partial charge in [0, 0.05) is 6.54 Å². The Kier molecular flexibility index (Phi) is 5.61. The third kappa shape index (κ3) is 4.35. The van der Waals surface area contributed by atoms with Gasteiger partial charge in [-0.25, -0.2) is 0 Å². The Labute approximate surface area is 106 Å². The highest BCUT2D eigenvalue weighted by Gasteiger charge is 2.08.